The van der Waals surface area contributed by atoms with E-state index in [1.165, 1.54) is 0 Å². The van der Waals surface area contributed by atoms with Crippen LogP contribution in [0, 0.1) is 0 Å². The molecule has 3 rings (SSSR count). The molecule has 0 bridgehead atoms. The van der Waals surface area contributed by atoms with Crippen LogP contribution in [0.5, 0.6) is 5.75 Å². The van der Waals surface area contributed by atoms with Gasteiger partial charge in [0.05, 0.1) is 12.8 Å². The second-order valence-corrected chi connectivity index (χ2v) is 4.99. The minimum Gasteiger partial charge on any atom is -0.497 e. The Morgan fingerprint density at radius 1 is 1.09 bits per heavy atom. The summed E-state index contributed by atoms with van der Waals surface area (Å²) < 4.78 is 6.78. The lowest BCUT2D eigenvalue weighted by Gasteiger charge is -2.05. The van der Waals surface area contributed by atoms with Crippen LogP contribution in [0.25, 0.3) is 5.69 Å². The summed E-state index contributed by atoms with van der Waals surface area (Å²) >= 11 is 0. The third-order valence-electron chi connectivity index (χ3n) is 3.52. The number of aryl methyl sites for hydroxylation is 1. The van der Waals surface area contributed by atoms with E-state index in [1.807, 2.05) is 54.6 Å². The molecule has 0 radical (unpaired) electrons. The van der Waals surface area contributed by atoms with Gasteiger partial charge in [-0.1, -0.05) is 30.3 Å². The predicted octanol–water partition coefficient (Wildman–Crippen LogP) is 2.49. The number of hydrogen-bond acceptors (Lipinski definition) is 5. The molecular weight excluding hydrogens is 292 g/mol. The Hall–Kier alpha value is -3.02. The van der Waals surface area contributed by atoms with Gasteiger partial charge in [0.1, 0.15) is 5.75 Å². The molecule has 0 N–H and O–H groups in total. The summed E-state index contributed by atoms with van der Waals surface area (Å²) in [6.07, 6.45) is 0.841. The maximum atomic E-state index is 12.2. The molecule has 0 unspecified atom stereocenters. The second kappa shape index (κ2) is 6.83. The molecule has 0 fully saturated rings. The number of methoxy groups -OCH3 is 1. The van der Waals surface area contributed by atoms with Gasteiger partial charge in [-0.05, 0) is 34.7 Å². The highest BCUT2D eigenvalue weighted by Gasteiger charge is 2.12. The van der Waals surface area contributed by atoms with Crippen LogP contribution in [0.3, 0.4) is 0 Å². The van der Waals surface area contributed by atoms with Gasteiger partial charge < -0.3 is 4.74 Å². The van der Waals surface area contributed by atoms with E-state index in [0.29, 0.717) is 24.2 Å². The number of ether oxygens (including phenoxy) is 1. The van der Waals surface area contributed by atoms with E-state index in [2.05, 4.69) is 15.5 Å². The molecule has 0 saturated carbocycles. The van der Waals surface area contributed by atoms with Crippen molar-refractivity contribution in [1.82, 2.24) is 20.2 Å². The number of carbonyl (C=O) groups excluding carboxylic acids is 1. The summed E-state index contributed by atoms with van der Waals surface area (Å²) in [5.41, 5.74) is 1.54. The zero-order valence-corrected chi connectivity index (χ0v) is 12.7. The number of carbonyl (C=O) groups is 1. The van der Waals surface area contributed by atoms with Crippen LogP contribution in [0.4, 0.5) is 0 Å². The molecule has 1 aromatic heterocycles. The summed E-state index contributed by atoms with van der Waals surface area (Å²) in [6.45, 7) is 0. The van der Waals surface area contributed by atoms with Gasteiger partial charge >= 0.3 is 0 Å². The Balaban J connectivity index is 1.72. The maximum absolute atomic E-state index is 12.2. The van der Waals surface area contributed by atoms with E-state index < -0.39 is 0 Å². The van der Waals surface area contributed by atoms with Crippen LogP contribution >= 0.6 is 0 Å². The van der Waals surface area contributed by atoms with Gasteiger partial charge in [0, 0.05) is 18.4 Å². The van der Waals surface area contributed by atoms with Crippen molar-refractivity contribution >= 4 is 5.78 Å². The number of Topliss-reactive ketones (excluding diaryl/α,β-unsaturated/α-hetero) is 1. The van der Waals surface area contributed by atoms with Crippen LogP contribution in [0.15, 0.2) is 54.6 Å². The smallest absolute Gasteiger partial charge is 0.163 e. The first kappa shape index (κ1) is 14.9. The van der Waals surface area contributed by atoms with Crippen LogP contribution in [-0.2, 0) is 6.42 Å². The molecule has 0 aliphatic rings. The van der Waals surface area contributed by atoms with Crippen LogP contribution in [-0.4, -0.2) is 33.1 Å². The van der Waals surface area contributed by atoms with E-state index >= 15 is 0 Å². The van der Waals surface area contributed by atoms with E-state index in [0.717, 1.165) is 11.4 Å². The summed E-state index contributed by atoms with van der Waals surface area (Å²) in [7, 11) is 1.62. The fourth-order valence-electron chi connectivity index (χ4n) is 2.28. The maximum Gasteiger partial charge on any atom is 0.163 e. The molecule has 0 atom stereocenters. The van der Waals surface area contributed by atoms with Gasteiger partial charge in [-0.3, -0.25) is 4.79 Å². The first-order chi connectivity index (χ1) is 11.3. The van der Waals surface area contributed by atoms with Crippen molar-refractivity contribution in [2.75, 3.05) is 7.11 Å². The molecule has 2 aromatic carbocycles. The first-order valence-corrected chi connectivity index (χ1v) is 7.28. The normalized spacial score (nSPS) is 10.5. The third kappa shape index (κ3) is 3.42. The number of aromatic nitrogens is 4. The molecule has 0 saturated heterocycles. The number of rotatable bonds is 6. The number of ketones is 1. The lowest BCUT2D eigenvalue weighted by Crippen LogP contribution is -2.07. The number of nitrogens with zero attached hydrogens (tertiary/aromatic N) is 4. The van der Waals surface area contributed by atoms with Crippen LogP contribution < -0.4 is 4.74 Å². The van der Waals surface area contributed by atoms with Crippen molar-refractivity contribution in [1.29, 1.82) is 0 Å². The first-order valence-electron chi connectivity index (χ1n) is 7.28. The van der Waals surface area contributed by atoms with Gasteiger partial charge in [0.25, 0.3) is 0 Å². The fraction of sp³-hybridized carbons (Fsp3) is 0.176. The lowest BCUT2D eigenvalue weighted by atomic mass is 10.1. The Bertz CT molecular complexity index is 782. The monoisotopic (exact) mass is 308 g/mol. The second-order valence-electron chi connectivity index (χ2n) is 4.99. The number of benzene rings is 2. The molecule has 23 heavy (non-hydrogen) atoms. The van der Waals surface area contributed by atoms with E-state index in [4.69, 9.17) is 4.74 Å². The Morgan fingerprint density at radius 2 is 1.83 bits per heavy atom. The molecule has 3 aromatic rings. The van der Waals surface area contributed by atoms with Gasteiger partial charge in [-0.15, -0.1) is 5.10 Å². The average Bonchev–Trinajstić information content (AvgIpc) is 3.09. The molecule has 1 heterocycles. The Morgan fingerprint density at radius 3 is 2.52 bits per heavy atom. The summed E-state index contributed by atoms with van der Waals surface area (Å²) in [6, 6.07) is 16.7. The van der Waals surface area contributed by atoms with Gasteiger partial charge in [0.15, 0.2) is 11.6 Å². The SMILES string of the molecule is COc1ccc(-n2nnnc2CCC(=O)c2ccccc2)cc1. The summed E-state index contributed by atoms with van der Waals surface area (Å²) in [5.74, 6) is 1.50. The van der Waals surface area contributed by atoms with Crippen molar-refractivity contribution in [3.63, 3.8) is 0 Å². The van der Waals surface area contributed by atoms with E-state index in [1.54, 1.807) is 11.8 Å². The number of hydrogen-bond donors (Lipinski definition) is 0. The summed E-state index contributed by atoms with van der Waals surface area (Å²) in [5, 5.41) is 11.7. The molecule has 6 heteroatoms. The third-order valence-corrected chi connectivity index (χ3v) is 3.52. The zero-order chi connectivity index (χ0) is 16.1. The molecule has 0 spiro atoms. The minimum atomic E-state index is 0.0786. The minimum absolute atomic E-state index is 0.0786. The van der Waals surface area contributed by atoms with Crippen molar-refractivity contribution in [2.45, 2.75) is 12.8 Å². The molecular formula is C17H16N4O2. The highest BCUT2D eigenvalue weighted by atomic mass is 16.5. The van der Waals surface area contributed by atoms with Crippen molar-refractivity contribution < 1.29 is 9.53 Å². The quantitative estimate of drug-likeness (QED) is 0.654. The summed E-state index contributed by atoms with van der Waals surface area (Å²) in [4.78, 5) is 12.2. The van der Waals surface area contributed by atoms with E-state index in [9.17, 15) is 4.79 Å². The van der Waals surface area contributed by atoms with Crippen LogP contribution in [0.2, 0.25) is 0 Å². The molecule has 0 aliphatic heterocycles. The predicted molar refractivity (Wildman–Crippen MR) is 84.8 cm³/mol. The van der Waals surface area contributed by atoms with Gasteiger partial charge in [0.2, 0.25) is 0 Å². The van der Waals surface area contributed by atoms with Gasteiger partial charge in [-0.25, -0.2) is 0 Å². The largest absolute Gasteiger partial charge is 0.497 e. The van der Waals surface area contributed by atoms with Gasteiger partial charge in [-0.2, -0.15) is 4.68 Å². The average molecular weight is 308 g/mol. The topological polar surface area (TPSA) is 69.9 Å². The van der Waals surface area contributed by atoms with Crippen molar-refractivity contribution in [3.05, 3.63) is 66.0 Å². The fourth-order valence-corrected chi connectivity index (χ4v) is 2.28. The molecule has 0 amide bonds. The van der Waals surface area contributed by atoms with Crippen molar-refractivity contribution in [3.8, 4) is 11.4 Å². The van der Waals surface area contributed by atoms with Crippen LogP contribution in [0.1, 0.15) is 22.6 Å². The zero-order valence-electron chi connectivity index (χ0n) is 12.7. The standard InChI is InChI=1S/C17H16N4O2/c1-23-15-9-7-14(8-10-15)21-17(18-19-20-21)12-11-16(22)13-5-3-2-4-6-13/h2-10H,11-12H2,1H3. The van der Waals surface area contributed by atoms with E-state index in [-0.39, 0.29) is 5.78 Å². The molecule has 0 aliphatic carbocycles. The molecule has 6 nitrogen and oxygen atoms in total. The highest BCUT2D eigenvalue weighted by molar-refractivity contribution is 5.96. The molecule has 116 valence electrons. The highest BCUT2D eigenvalue weighted by Crippen LogP contribution is 2.15. The Labute approximate surface area is 133 Å². The lowest BCUT2D eigenvalue weighted by molar-refractivity contribution is 0.0982. The van der Waals surface area contributed by atoms with Crippen molar-refractivity contribution in [2.24, 2.45) is 0 Å². The number of tetrazole rings is 1. The Kier molecular flexibility index (Phi) is 4.42.